The van der Waals surface area contributed by atoms with E-state index in [2.05, 4.69) is 20.9 Å². The van der Waals surface area contributed by atoms with Gasteiger partial charge < -0.3 is 15.4 Å². The highest BCUT2D eigenvalue weighted by atomic mass is 79.9. The van der Waals surface area contributed by atoms with Gasteiger partial charge in [0.25, 0.3) is 5.91 Å². The van der Waals surface area contributed by atoms with Crippen LogP contribution in [-0.4, -0.2) is 34.9 Å². The van der Waals surface area contributed by atoms with Crippen LogP contribution in [0, 0.1) is 0 Å². The Morgan fingerprint density at radius 2 is 1.80 bits per heavy atom. The quantitative estimate of drug-likeness (QED) is 0.769. The van der Waals surface area contributed by atoms with Crippen molar-refractivity contribution in [1.82, 2.24) is 9.88 Å². The van der Waals surface area contributed by atoms with Gasteiger partial charge in [0.2, 0.25) is 5.88 Å². The summed E-state index contributed by atoms with van der Waals surface area (Å²) in [6, 6.07) is 11.1. The number of hydrogen-bond acceptors (Lipinski definition) is 4. The number of amides is 1. The van der Waals surface area contributed by atoms with Gasteiger partial charge in [0, 0.05) is 29.8 Å². The minimum absolute atomic E-state index is 0. The Morgan fingerprint density at radius 3 is 2.44 bits per heavy atom. The third kappa shape index (κ3) is 5.57. The lowest BCUT2D eigenvalue weighted by atomic mass is 10.1. The molecule has 2 N–H and O–H groups in total. The Labute approximate surface area is 167 Å². The molecule has 2 aromatic rings. The summed E-state index contributed by atoms with van der Waals surface area (Å²) in [5.74, 6) is 0.911. The molecule has 0 aliphatic carbocycles. The zero-order valence-corrected chi connectivity index (χ0v) is 16.6. The highest BCUT2D eigenvalue weighted by Gasteiger charge is 2.24. The van der Waals surface area contributed by atoms with Crippen LogP contribution in [0.15, 0.2) is 47.1 Å². The lowest BCUT2D eigenvalue weighted by Crippen LogP contribution is -2.42. The van der Waals surface area contributed by atoms with Gasteiger partial charge in [-0.15, -0.1) is 24.8 Å². The first kappa shape index (κ1) is 21.7. The Morgan fingerprint density at radius 1 is 1.16 bits per heavy atom. The molecule has 25 heavy (non-hydrogen) atoms. The van der Waals surface area contributed by atoms with E-state index in [4.69, 9.17) is 10.5 Å². The average Bonchev–Trinajstić information content (AvgIpc) is 2.57. The van der Waals surface area contributed by atoms with Gasteiger partial charge in [-0.05, 0) is 49.2 Å². The number of hydrogen-bond donors (Lipinski definition) is 1. The number of pyridine rings is 1. The molecule has 2 heterocycles. The number of carbonyl (C=O) groups is 1. The second-order valence-corrected chi connectivity index (χ2v) is 6.46. The van der Waals surface area contributed by atoms with Gasteiger partial charge >= 0.3 is 0 Å². The van der Waals surface area contributed by atoms with Crippen LogP contribution in [0.2, 0.25) is 0 Å². The summed E-state index contributed by atoms with van der Waals surface area (Å²) in [5.41, 5.74) is 6.38. The Bertz CT molecular complexity index is 693. The minimum atomic E-state index is -0.0582. The summed E-state index contributed by atoms with van der Waals surface area (Å²) in [5, 5.41) is 0. The van der Waals surface area contributed by atoms with Crippen molar-refractivity contribution in [3.8, 4) is 11.6 Å². The summed E-state index contributed by atoms with van der Waals surface area (Å²) in [6.45, 7) is 1.35. The van der Waals surface area contributed by atoms with E-state index < -0.39 is 0 Å². The Hall–Kier alpha value is -1.34. The van der Waals surface area contributed by atoms with Gasteiger partial charge in [0.1, 0.15) is 11.3 Å². The maximum absolute atomic E-state index is 12.7. The van der Waals surface area contributed by atoms with Crippen molar-refractivity contribution in [2.24, 2.45) is 5.73 Å². The Balaban J connectivity index is 0.00000156. The van der Waals surface area contributed by atoms with E-state index in [1.54, 1.807) is 18.3 Å². The highest BCUT2D eigenvalue weighted by molar-refractivity contribution is 9.10. The number of ether oxygens (including phenoxy) is 1. The fourth-order valence-electron chi connectivity index (χ4n) is 2.52. The van der Waals surface area contributed by atoms with E-state index >= 15 is 0 Å². The smallest absolute Gasteiger partial charge is 0.259 e. The van der Waals surface area contributed by atoms with Crippen LogP contribution in [0.1, 0.15) is 23.2 Å². The first-order valence-electron chi connectivity index (χ1n) is 7.57. The number of rotatable bonds is 3. The molecule has 1 aliphatic heterocycles. The molecule has 1 saturated heterocycles. The van der Waals surface area contributed by atoms with E-state index in [1.807, 2.05) is 29.2 Å². The number of nitrogens with zero attached hydrogens (tertiary/aromatic N) is 2. The molecular formula is C17H20BrCl2N3O2. The monoisotopic (exact) mass is 447 g/mol. The number of carbonyl (C=O) groups excluding carboxylic acids is 1. The van der Waals surface area contributed by atoms with Crippen molar-refractivity contribution in [3.63, 3.8) is 0 Å². The van der Waals surface area contributed by atoms with E-state index in [-0.39, 0.29) is 36.8 Å². The molecule has 1 aliphatic rings. The van der Waals surface area contributed by atoms with E-state index in [9.17, 15) is 4.79 Å². The van der Waals surface area contributed by atoms with Gasteiger partial charge in [0.05, 0.1) is 0 Å². The van der Waals surface area contributed by atoms with Crippen molar-refractivity contribution in [2.45, 2.75) is 18.9 Å². The lowest BCUT2D eigenvalue weighted by molar-refractivity contribution is 0.0711. The van der Waals surface area contributed by atoms with Crippen molar-refractivity contribution in [2.75, 3.05) is 13.1 Å². The fourth-order valence-corrected chi connectivity index (χ4v) is 2.79. The topological polar surface area (TPSA) is 68.5 Å². The van der Waals surface area contributed by atoms with E-state index in [1.165, 1.54) is 0 Å². The third-order valence-electron chi connectivity index (χ3n) is 3.86. The minimum Gasteiger partial charge on any atom is -0.438 e. The zero-order chi connectivity index (χ0) is 16.2. The SMILES string of the molecule is Cl.Cl.NC1CCN(C(=O)c2cccnc2Oc2ccc(Br)cc2)CC1. The standard InChI is InChI=1S/C17H18BrN3O2.2ClH/c18-12-3-5-14(6-4-12)23-16-15(2-1-9-20-16)17(22)21-10-7-13(19)8-11-21;;/h1-6,9,13H,7-8,10-11,19H2;2*1H. The lowest BCUT2D eigenvalue weighted by Gasteiger charge is -2.30. The number of halogens is 3. The van der Waals surface area contributed by atoms with Crippen molar-refractivity contribution >= 4 is 46.7 Å². The number of nitrogens with two attached hydrogens (primary N) is 1. The van der Waals surface area contributed by atoms with Crippen molar-refractivity contribution < 1.29 is 9.53 Å². The van der Waals surface area contributed by atoms with Crippen molar-refractivity contribution in [3.05, 3.63) is 52.6 Å². The van der Waals surface area contributed by atoms with E-state index in [0.717, 1.165) is 17.3 Å². The van der Waals surface area contributed by atoms with Crippen LogP contribution < -0.4 is 10.5 Å². The molecule has 5 nitrogen and oxygen atoms in total. The van der Waals surface area contributed by atoms with Gasteiger partial charge in [0.15, 0.2) is 0 Å². The van der Waals surface area contributed by atoms with Crippen LogP contribution in [-0.2, 0) is 0 Å². The second-order valence-electron chi connectivity index (χ2n) is 5.54. The molecular weight excluding hydrogens is 429 g/mol. The van der Waals surface area contributed by atoms with Crippen LogP contribution in [0.3, 0.4) is 0 Å². The molecule has 0 radical (unpaired) electrons. The summed E-state index contributed by atoms with van der Waals surface area (Å²) < 4.78 is 6.76. The highest BCUT2D eigenvalue weighted by Crippen LogP contribution is 2.26. The van der Waals surface area contributed by atoms with Gasteiger partial charge in [-0.25, -0.2) is 4.98 Å². The first-order chi connectivity index (χ1) is 11.1. The van der Waals surface area contributed by atoms with Gasteiger partial charge in [-0.3, -0.25) is 4.79 Å². The Kier molecular flexibility index (Phi) is 8.65. The van der Waals surface area contributed by atoms with E-state index in [0.29, 0.717) is 30.3 Å². The molecule has 8 heteroatoms. The number of benzene rings is 1. The summed E-state index contributed by atoms with van der Waals surface area (Å²) >= 11 is 3.38. The van der Waals surface area contributed by atoms with Gasteiger partial charge in [-0.2, -0.15) is 0 Å². The molecule has 1 aromatic heterocycles. The predicted octanol–water partition coefficient (Wildman–Crippen LogP) is 4.04. The molecule has 3 rings (SSSR count). The number of piperidine rings is 1. The molecule has 1 amide bonds. The van der Waals surface area contributed by atoms with Crippen LogP contribution >= 0.6 is 40.7 Å². The molecule has 0 unspecified atom stereocenters. The average molecular weight is 449 g/mol. The normalized spacial score (nSPS) is 14.2. The van der Waals surface area contributed by atoms with Crippen LogP contribution in [0.5, 0.6) is 11.6 Å². The molecule has 0 spiro atoms. The maximum atomic E-state index is 12.7. The number of likely N-dealkylation sites (tertiary alicyclic amines) is 1. The molecule has 1 fully saturated rings. The summed E-state index contributed by atoms with van der Waals surface area (Å²) in [7, 11) is 0. The van der Waals surface area contributed by atoms with Crippen molar-refractivity contribution in [1.29, 1.82) is 0 Å². The van der Waals surface area contributed by atoms with Crippen LogP contribution in [0.25, 0.3) is 0 Å². The zero-order valence-electron chi connectivity index (χ0n) is 13.4. The molecule has 0 atom stereocenters. The first-order valence-corrected chi connectivity index (χ1v) is 8.36. The predicted molar refractivity (Wildman–Crippen MR) is 106 cm³/mol. The summed E-state index contributed by atoms with van der Waals surface area (Å²) in [6.07, 6.45) is 3.28. The third-order valence-corrected chi connectivity index (χ3v) is 4.39. The fraction of sp³-hybridized carbons (Fsp3) is 0.294. The maximum Gasteiger partial charge on any atom is 0.259 e. The molecule has 136 valence electrons. The molecule has 0 saturated carbocycles. The second kappa shape index (κ2) is 9.97. The van der Waals surface area contributed by atoms with Gasteiger partial charge in [-0.1, -0.05) is 15.9 Å². The molecule has 0 bridgehead atoms. The largest absolute Gasteiger partial charge is 0.438 e. The number of aromatic nitrogens is 1. The van der Waals surface area contributed by atoms with Crippen LogP contribution in [0.4, 0.5) is 0 Å². The molecule has 1 aromatic carbocycles. The summed E-state index contributed by atoms with van der Waals surface area (Å²) in [4.78, 5) is 18.8.